The van der Waals surface area contributed by atoms with Gasteiger partial charge in [0.15, 0.2) is 0 Å². The second-order valence-corrected chi connectivity index (χ2v) is 6.96. The van der Waals surface area contributed by atoms with Crippen molar-refractivity contribution < 1.29 is 5.11 Å². The Bertz CT molecular complexity index is 914. The summed E-state index contributed by atoms with van der Waals surface area (Å²) < 4.78 is 1.50. The van der Waals surface area contributed by atoms with Crippen molar-refractivity contribution >= 4 is 46.4 Å². The lowest BCUT2D eigenvalue weighted by atomic mass is 10.0. The van der Waals surface area contributed by atoms with E-state index in [0.717, 1.165) is 0 Å². The molecule has 0 aliphatic carbocycles. The number of aliphatic hydroxyl groups is 1. The van der Waals surface area contributed by atoms with Gasteiger partial charge >= 0.3 is 0 Å². The van der Waals surface area contributed by atoms with Gasteiger partial charge in [0, 0.05) is 6.20 Å². The molecule has 132 valence electrons. The third-order valence-corrected chi connectivity index (χ3v) is 4.52. The van der Waals surface area contributed by atoms with Gasteiger partial charge < -0.3 is 10.4 Å². The van der Waals surface area contributed by atoms with Crippen LogP contribution in [-0.4, -0.2) is 42.3 Å². The topological polar surface area (TPSA) is 88.2 Å². The molecule has 3 aromatic heterocycles. The third kappa shape index (κ3) is 3.50. The Hall–Kier alpha value is -1.67. The number of aliphatic hydroxyl groups excluding tert-OH is 1. The highest BCUT2D eigenvalue weighted by atomic mass is 35.5. The standard InChI is InChI=1S/C15H15Cl3N6O/c1-7(2)10(5-25)22-14-11(12-9(17)3-8(16)4-19-12)13(18)23-15-20-6-21-24(14)15/h3-4,6-7,10,22,25H,5H2,1-2H3/t10-/m1/s1. The summed E-state index contributed by atoms with van der Waals surface area (Å²) in [7, 11) is 0. The maximum atomic E-state index is 9.69. The summed E-state index contributed by atoms with van der Waals surface area (Å²) in [5.41, 5.74) is 0.865. The summed E-state index contributed by atoms with van der Waals surface area (Å²) in [5, 5.41) is 18.0. The van der Waals surface area contributed by atoms with Crippen LogP contribution in [0.15, 0.2) is 18.6 Å². The van der Waals surface area contributed by atoms with Gasteiger partial charge in [-0.15, -0.1) is 0 Å². The highest BCUT2D eigenvalue weighted by Gasteiger charge is 2.23. The molecule has 0 spiro atoms. The van der Waals surface area contributed by atoms with Crippen LogP contribution in [0.3, 0.4) is 0 Å². The van der Waals surface area contributed by atoms with E-state index in [4.69, 9.17) is 34.8 Å². The van der Waals surface area contributed by atoms with E-state index < -0.39 is 0 Å². The van der Waals surface area contributed by atoms with Crippen molar-refractivity contribution in [1.29, 1.82) is 0 Å². The minimum atomic E-state index is -0.240. The molecule has 0 bridgehead atoms. The van der Waals surface area contributed by atoms with Crippen molar-refractivity contribution in [2.24, 2.45) is 5.92 Å². The van der Waals surface area contributed by atoms with E-state index in [-0.39, 0.29) is 23.7 Å². The van der Waals surface area contributed by atoms with E-state index >= 15 is 0 Å². The maximum absolute atomic E-state index is 9.69. The molecule has 0 saturated heterocycles. The number of hydrogen-bond donors (Lipinski definition) is 2. The van der Waals surface area contributed by atoms with E-state index in [1.54, 1.807) is 6.07 Å². The SMILES string of the molecule is CC(C)[C@@H](CO)Nc1c(-c2ncc(Cl)cc2Cl)c(Cl)nc2ncnn12. The minimum absolute atomic E-state index is 0.0744. The molecule has 3 rings (SSSR count). The highest BCUT2D eigenvalue weighted by molar-refractivity contribution is 6.37. The lowest BCUT2D eigenvalue weighted by molar-refractivity contribution is 0.249. The average Bonchev–Trinajstić information content (AvgIpc) is 3.00. The number of aromatic nitrogens is 5. The fourth-order valence-electron chi connectivity index (χ4n) is 2.36. The van der Waals surface area contributed by atoms with E-state index in [1.807, 2.05) is 13.8 Å². The fraction of sp³-hybridized carbons (Fsp3) is 0.333. The molecule has 10 heteroatoms. The first-order valence-electron chi connectivity index (χ1n) is 7.50. The summed E-state index contributed by atoms with van der Waals surface area (Å²) in [6.45, 7) is 3.90. The van der Waals surface area contributed by atoms with Crippen LogP contribution in [0.1, 0.15) is 13.8 Å². The first-order valence-corrected chi connectivity index (χ1v) is 8.63. The van der Waals surface area contributed by atoms with Gasteiger partial charge in [-0.2, -0.15) is 19.6 Å². The van der Waals surface area contributed by atoms with Crippen LogP contribution in [0.5, 0.6) is 0 Å². The maximum Gasteiger partial charge on any atom is 0.255 e. The second kappa shape index (κ2) is 7.29. The van der Waals surface area contributed by atoms with Crippen LogP contribution in [0.25, 0.3) is 17.0 Å². The predicted molar refractivity (Wildman–Crippen MR) is 98.4 cm³/mol. The summed E-state index contributed by atoms with van der Waals surface area (Å²) in [5.74, 6) is 0.968. The first-order chi connectivity index (χ1) is 11.9. The van der Waals surface area contributed by atoms with Gasteiger partial charge in [-0.25, -0.2) is 0 Å². The van der Waals surface area contributed by atoms with Crippen molar-refractivity contribution in [3.8, 4) is 11.3 Å². The van der Waals surface area contributed by atoms with Crippen molar-refractivity contribution in [2.45, 2.75) is 19.9 Å². The van der Waals surface area contributed by atoms with Gasteiger partial charge in [0.25, 0.3) is 5.78 Å². The molecule has 2 N–H and O–H groups in total. The molecule has 0 saturated carbocycles. The molecule has 3 heterocycles. The lowest BCUT2D eigenvalue weighted by Gasteiger charge is -2.23. The summed E-state index contributed by atoms with van der Waals surface area (Å²) in [6, 6.07) is 1.33. The zero-order chi connectivity index (χ0) is 18.1. The molecule has 7 nitrogen and oxygen atoms in total. The Morgan fingerprint density at radius 1 is 1.24 bits per heavy atom. The molecule has 0 aliphatic rings. The molecule has 0 aliphatic heterocycles. The van der Waals surface area contributed by atoms with Gasteiger partial charge in [-0.05, 0) is 12.0 Å². The number of nitrogens with one attached hydrogen (secondary N) is 1. The molecule has 0 amide bonds. The lowest BCUT2D eigenvalue weighted by Crippen LogP contribution is -2.31. The Labute approximate surface area is 159 Å². The van der Waals surface area contributed by atoms with Crippen molar-refractivity contribution in [2.75, 3.05) is 11.9 Å². The number of pyridine rings is 1. The van der Waals surface area contributed by atoms with Gasteiger partial charge in [0.2, 0.25) is 0 Å². The normalized spacial score (nSPS) is 12.8. The van der Waals surface area contributed by atoms with E-state index in [9.17, 15) is 5.11 Å². The molecular weight excluding hydrogens is 387 g/mol. The Kier molecular flexibility index (Phi) is 5.29. The smallest absolute Gasteiger partial charge is 0.255 e. The van der Waals surface area contributed by atoms with Crippen LogP contribution in [0.4, 0.5) is 5.82 Å². The quantitative estimate of drug-likeness (QED) is 0.635. The van der Waals surface area contributed by atoms with E-state index in [2.05, 4.69) is 25.4 Å². The average molecular weight is 402 g/mol. The zero-order valence-electron chi connectivity index (χ0n) is 13.4. The molecule has 0 unspecified atom stereocenters. The highest BCUT2D eigenvalue weighted by Crippen LogP contribution is 2.37. The molecule has 1 atom stereocenters. The molecule has 0 fully saturated rings. The summed E-state index contributed by atoms with van der Waals surface area (Å²) in [4.78, 5) is 12.6. The Morgan fingerprint density at radius 3 is 2.64 bits per heavy atom. The van der Waals surface area contributed by atoms with Gasteiger partial charge in [0.05, 0.1) is 34.0 Å². The Morgan fingerprint density at radius 2 is 2.00 bits per heavy atom. The third-order valence-electron chi connectivity index (χ3n) is 3.75. The molecular formula is C15H15Cl3N6O. The van der Waals surface area contributed by atoms with E-state index in [1.165, 1.54) is 17.0 Å². The van der Waals surface area contributed by atoms with E-state index in [0.29, 0.717) is 32.9 Å². The second-order valence-electron chi connectivity index (χ2n) is 5.76. The van der Waals surface area contributed by atoms with Crippen LogP contribution < -0.4 is 5.32 Å². The molecule has 0 aromatic carbocycles. The first kappa shape index (κ1) is 18.1. The van der Waals surface area contributed by atoms with Crippen molar-refractivity contribution in [1.82, 2.24) is 24.6 Å². The molecule has 25 heavy (non-hydrogen) atoms. The number of anilines is 1. The van der Waals surface area contributed by atoms with Gasteiger partial charge in [-0.3, -0.25) is 4.98 Å². The fourth-order valence-corrected chi connectivity index (χ4v) is 3.09. The monoisotopic (exact) mass is 400 g/mol. The van der Waals surface area contributed by atoms with Crippen LogP contribution in [0.2, 0.25) is 15.2 Å². The summed E-state index contributed by atoms with van der Waals surface area (Å²) in [6.07, 6.45) is 2.84. The number of halogens is 3. The predicted octanol–water partition coefficient (Wildman–Crippen LogP) is 3.58. The number of rotatable bonds is 5. The largest absolute Gasteiger partial charge is 0.394 e. The number of nitrogens with zero attached hydrogens (tertiary/aromatic N) is 5. The summed E-state index contributed by atoms with van der Waals surface area (Å²) >= 11 is 18.6. The van der Waals surface area contributed by atoms with Crippen molar-refractivity contribution in [3.05, 3.63) is 33.8 Å². The van der Waals surface area contributed by atoms with Crippen LogP contribution in [-0.2, 0) is 0 Å². The van der Waals surface area contributed by atoms with Gasteiger partial charge in [-0.1, -0.05) is 48.7 Å². The zero-order valence-corrected chi connectivity index (χ0v) is 15.7. The van der Waals surface area contributed by atoms with Crippen LogP contribution in [0, 0.1) is 5.92 Å². The minimum Gasteiger partial charge on any atom is -0.394 e. The molecule has 0 radical (unpaired) electrons. The van der Waals surface area contributed by atoms with Crippen molar-refractivity contribution in [3.63, 3.8) is 0 Å². The number of hydrogen-bond acceptors (Lipinski definition) is 6. The Balaban J connectivity index is 2.26. The van der Waals surface area contributed by atoms with Gasteiger partial charge in [0.1, 0.15) is 17.3 Å². The van der Waals surface area contributed by atoms with Crippen LogP contribution >= 0.6 is 34.8 Å². The number of fused-ring (bicyclic) bond motifs is 1. The molecule has 3 aromatic rings.